The molecule has 2 heterocycles. The Morgan fingerprint density at radius 1 is 1.17 bits per heavy atom. The lowest BCUT2D eigenvalue weighted by Gasteiger charge is -2.17. The lowest BCUT2D eigenvalue weighted by atomic mass is 10.1. The maximum Gasteiger partial charge on any atom is 0.328 e. The van der Waals surface area contributed by atoms with Gasteiger partial charge in [-0.2, -0.15) is 11.8 Å². The van der Waals surface area contributed by atoms with E-state index in [2.05, 4.69) is 10.3 Å². The second-order valence-electron chi connectivity index (χ2n) is 6.67. The molecule has 1 aromatic carbocycles. The molecule has 0 aliphatic rings. The summed E-state index contributed by atoms with van der Waals surface area (Å²) in [6.07, 6.45) is 5.56. The summed E-state index contributed by atoms with van der Waals surface area (Å²) in [5.41, 5.74) is 0.813. The normalized spacial score (nSPS) is 11.8. The summed E-state index contributed by atoms with van der Waals surface area (Å²) < 4.78 is 6.30. The predicted octanol–water partition coefficient (Wildman–Crippen LogP) is 2.47. The van der Waals surface area contributed by atoms with Crippen LogP contribution in [0.15, 0.2) is 59.7 Å². The number of ether oxygens (including phenoxy) is 1. The number of carbonyl (C=O) groups excluding carboxylic acids is 2. The molecule has 2 aromatic heterocycles. The highest BCUT2D eigenvalue weighted by molar-refractivity contribution is 7.98. The number of nitrogens with zero attached hydrogens (tertiary/aromatic N) is 2. The monoisotopic (exact) mass is 425 g/mol. The number of carbonyl (C=O) groups is 2. The first-order chi connectivity index (χ1) is 14.5. The van der Waals surface area contributed by atoms with E-state index in [1.54, 1.807) is 48.3 Å². The van der Waals surface area contributed by atoms with Gasteiger partial charge in [0.15, 0.2) is 0 Å². The minimum Gasteiger partial charge on any atom is -0.467 e. The van der Waals surface area contributed by atoms with Gasteiger partial charge in [-0.3, -0.25) is 14.6 Å². The molecule has 30 heavy (non-hydrogen) atoms. The first-order valence-electron chi connectivity index (χ1n) is 9.45. The van der Waals surface area contributed by atoms with Gasteiger partial charge in [-0.1, -0.05) is 24.3 Å². The zero-order valence-electron chi connectivity index (χ0n) is 16.8. The smallest absolute Gasteiger partial charge is 0.328 e. The molecule has 0 radical (unpaired) electrons. The number of methoxy groups -OCH3 is 1. The summed E-state index contributed by atoms with van der Waals surface area (Å²) in [6, 6.07) is 11.6. The highest BCUT2D eigenvalue weighted by Crippen LogP contribution is 2.17. The molecule has 1 N–H and O–H groups in total. The fourth-order valence-electron chi connectivity index (χ4n) is 3.17. The molecule has 0 unspecified atom stereocenters. The zero-order valence-corrected chi connectivity index (χ0v) is 17.6. The quantitative estimate of drug-likeness (QED) is 0.558. The van der Waals surface area contributed by atoms with Crippen molar-refractivity contribution < 1.29 is 14.3 Å². The maximum absolute atomic E-state index is 13.1. The van der Waals surface area contributed by atoms with Gasteiger partial charge in [0.1, 0.15) is 6.04 Å². The van der Waals surface area contributed by atoms with Crippen LogP contribution in [0, 0.1) is 0 Å². The number of fused-ring (bicyclic) bond motifs is 1. The van der Waals surface area contributed by atoms with Crippen LogP contribution in [0.25, 0.3) is 10.8 Å². The zero-order chi connectivity index (χ0) is 21.5. The number of pyridine rings is 2. The summed E-state index contributed by atoms with van der Waals surface area (Å²) in [5.74, 6) is -0.235. The van der Waals surface area contributed by atoms with Crippen molar-refractivity contribution in [2.24, 2.45) is 0 Å². The number of rotatable bonds is 8. The largest absolute Gasteiger partial charge is 0.467 e. The molecule has 0 aliphatic heterocycles. The molecule has 1 amide bonds. The fraction of sp³-hybridized carbons (Fsp3) is 0.273. The number of aromatic nitrogens is 2. The van der Waals surface area contributed by atoms with Crippen LogP contribution in [0.1, 0.15) is 22.5 Å². The minimum atomic E-state index is -0.759. The molecule has 1 atom stereocenters. The molecule has 0 spiro atoms. The minimum absolute atomic E-state index is 0.209. The van der Waals surface area contributed by atoms with E-state index >= 15 is 0 Å². The maximum atomic E-state index is 13.1. The summed E-state index contributed by atoms with van der Waals surface area (Å²) >= 11 is 1.58. The number of amides is 1. The Labute approximate surface area is 178 Å². The second-order valence-corrected chi connectivity index (χ2v) is 7.66. The molecule has 7 nitrogen and oxygen atoms in total. The third-order valence-electron chi connectivity index (χ3n) is 4.70. The van der Waals surface area contributed by atoms with Gasteiger partial charge in [0, 0.05) is 23.2 Å². The van der Waals surface area contributed by atoms with Gasteiger partial charge in [0.25, 0.3) is 11.5 Å². The van der Waals surface area contributed by atoms with Crippen LogP contribution in [-0.2, 0) is 16.1 Å². The number of esters is 1. The SMILES string of the molecule is COC(=O)[C@H](CCSC)NC(=O)c1cn(Cc2ccccn2)c(=O)c2ccccc12. The van der Waals surface area contributed by atoms with Crippen LogP contribution in [0.3, 0.4) is 0 Å². The number of nitrogens with one attached hydrogen (secondary N) is 1. The van der Waals surface area contributed by atoms with E-state index in [0.717, 1.165) is 0 Å². The van der Waals surface area contributed by atoms with Gasteiger partial charge >= 0.3 is 5.97 Å². The van der Waals surface area contributed by atoms with Crippen LogP contribution >= 0.6 is 11.8 Å². The van der Waals surface area contributed by atoms with E-state index in [0.29, 0.717) is 34.2 Å². The van der Waals surface area contributed by atoms with Gasteiger partial charge in [-0.05, 0) is 36.6 Å². The molecular weight excluding hydrogens is 402 g/mol. The van der Waals surface area contributed by atoms with Crippen LogP contribution in [0.4, 0.5) is 0 Å². The van der Waals surface area contributed by atoms with E-state index in [9.17, 15) is 14.4 Å². The van der Waals surface area contributed by atoms with Gasteiger partial charge in [-0.15, -0.1) is 0 Å². The van der Waals surface area contributed by atoms with Gasteiger partial charge < -0.3 is 14.6 Å². The lowest BCUT2D eigenvalue weighted by molar-refractivity contribution is -0.142. The number of thioether (sulfide) groups is 1. The van der Waals surface area contributed by atoms with Crippen molar-refractivity contribution >= 4 is 34.4 Å². The third kappa shape index (κ3) is 4.88. The van der Waals surface area contributed by atoms with E-state index in [4.69, 9.17) is 4.74 Å². The van der Waals surface area contributed by atoms with Crippen LogP contribution in [0.5, 0.6) is 0 Å². The molecular formula is C22H23N3O4S. The number of hydrogen-bond acceptors (Lipinski definition) is 6. The first-order valence-corrected chi connectivity index (χ1v) is 10.8. The second kappa shape index (κ2) is 10.1. The van der Waals surface area contributed by atoms with Crippen molar-refractivity contribution in [1.29, 1.82) is 0 Å². The Bertz CT molecular complexity index is 1100. The van der Waals surface area contributed by atoms with Crippen LogP contribution in [0.2, 0.25) is 0 Å². The van der Waals surface area contributed by atoms with Crippen molar-refractivity contribution in [2.45, 2.75) is 19.0 Å². The average Bonchev–Trinajstić information content (AvgIpc) is 2.78. The highest BCUT2D eigenvalue weighted by Gasteiger charge is 2.23. The standard InChI is InChI=1S/C22H23N3O4S/c1-29-22(28)19(10-12-30-2)24-20(26)18-14-25(13-15-7-5-6-11-23-15)21(27)17-9-4-3-8-16(17)18/h3-9,11,14,19H,10,12-13H2,1-2H3,(H,24,26)/t19-/m0/s1. The third-order valence-corrected chi connectivity index (χ3v) is 5.34. The van der Waals surface area contributed by atoms with Gasteiger partial charge in [-0.25, -0.2) is 4.79 Å². The topological polar surface area (TPSA) is 90.3 Å². The number of benzene rings is 1. The van der Waals surface area contributed by atoms with Crippen LogP contribution < -0.4 is 10.9 Å². The van der Waals surface area contributed by atoms with Crippen molar-refractivity contribution in [3.63, 3.8) is 0 Å². The average molecular weight is 426 g/mol. The van der Waals surface area contributed by atoms with Crippen molar-refractivity contribution in [3.05, 3.63) is 76.5 Å². The summed E-state index contributed by atoms with van der Waals surface area (Å²) in [5, 5.41) is 3.73. The Morgan fingerprint density at radius 2 is 1.90 bits per heavy atom. The molecule has 3 aromatic rings. The molecule has 8 heteroatoms. The highest BCUT2D eigenvalue weighted by atomic mass is 32.2. The Hall–Kier alpha value is -3.13. The summed E-state index contributed by atoms with van der Waals surface area (Å²) in [7, 11) is 1.29. The van der Waals surface area contributed by atoms with Crippen molar-refractivity contribution in [1.82, 2.24) is 14.9 Å². The molecule has 0 fully saturated rings. The fourth-order valence-corrected chi connectivity index (χ4v) is 3.64. The van der Waals surface area contributed by atoms with Crippen molar-refractivity contribution in [3.8, 4) is 0 Å². The van der Waals surface area contributed by atoms with E-state index in [1.807, 2.05) is 18.4 Å². The van der Waals surface area contributed by atoms with Gasteiger partial charge in [0.05, 0.1) is 24.9 Å². The Balaban J connectivity index is 2.01. The van der Waals surface area contributed by atoms with E-state index < -0.39 is 17.9 Å². The molecule has 0 aliphatic carbocycles. The first kappa shape index (κ1) is 21.6. The van der Waals surface area contributed by atoms with Crippen LogP contribution in [-0.4, -0.2) is 46.6 Å². The molecule has 0 saturated carbocycles. The Morgan fingerprint density at radius 3 is 2.57 bits per heavy atom. The summed E-state index contributed by atoms with van der Waals surface area (Å²) in [6.45, 7) is 0.234. The van der Waals surface area contributed by atoms with E-state index in [-0.39, 0.29) is 12.1 Å². The summed E-state index contributed by atoms with van der Waals surface area (Å²) in [4.78, 5) is 42.4. The van der Waals surface area contributed by atoms with Crippen molar-refractivity contribution in [2.75, 3.05) is 19.1 Å². The Kier molecular flexibility index (Phi) is 7.24. The van der Waals surface area contributed by atoms with Gasteiger partial charge in [0.2, 0.25) is 0 Å². The molecule has 0 saturated heterocycles. The molecule has 3 rings (SSSR count). The molecule has 156 valence electrons. The lowest BCUT2D eigenvalue weighted by Crippen LogP contribution is -2.42. The number of hydrogen-bond donors (Lipinski definition) is 1. The molecule has 0 bridgehead atoms. The predicted molar refractivity (Wildman–Crippen MR) is 118 cm³/mol. The van der Waals surface area contributed by atoms with E-state index in [1.165, 1.54) is 17.9 Å².